The lowest BCUT2D eigenvalue weighted by atomic mass is 9.89. The third-order valence-electron chi connectivity index (χ3n) is 3.59. The van der Waals surface area contributed by atoms with Crippen LogP contribution in [0, 0.1) is 0 Å². The summed E-state index contributed by atoms with van der Waals surface area (Å²) in [7, 11) is 0. The van der Waals surface area contributed by atoms with Crippen LogP contribution >= 0.6 is 0 Å². The van der Waals surface area contributed by atoms with Gasteiger partial charge in [-0.25, -0.2) is 4.79 Å². The molecule has 1 aliphatic rings. The zero-order valence-corrected chi connectivity index (χ0v) is 12.4. The van der Waals surface area contributed by atoms with Gasteiger partial charge >= 0.3 is 12.1 Å². The van der Waals surface area contributed by atoms with E-state index in [9.17, 15) is 14.7 Å². The number of aliphatic carboxylic acids is 1. The van der Waals surface area contributed by atoms with Crippen molar-refractivity contribution in [3.05, 3.63) is 35.9 Å². The second-order valence-electron chi connectivity index (χ2n) is 5.51. The van der Waals surface area contributed by atoms with Crippen LogP contribution in [0.25, 0.3) is 0 Å². The lowest BCUT2D eigenvalue weighted by Gasteiger charge is -2.47. The third-order valence-corrected chi connectivity index (χ3v) is 3.59. The van der Waals surface area contributed by atoms with Crippen molar-refractivity contribution in [3.8, 4) is 0 Å². The molecule has 0 saturated carbocycles. The Bertz CT molecular complexity index is 528. The number of likely N-dealkylation sites (tertiary alicyclic amines) is 1. The Labute approximate surface area is 128 Å². The van der Waals surface area contributed by atoms with E-state index in [1.54, 1.807) is 6.92 Å². The normalized spacial score (nSPS) is 17.5. The molecule has 7 nitrogen and oxygen atoms in total. The number of carboxylic acids is 1. The first-order valence-corrected chi connectivity index (χ1v) is 7.04. The summed E-state index contributed by atoms with van der Waals surface area (Å²) < 4.78 is 5.15. The number of nitrogens with one attached hydrogen (secondary N) is 1. The van der Waals surface area contributed by atoms with Gasteiger partial charge in [0, 0.05) is 6.04 Å². The molecule has 0 aromatic heterocycles. The van der Waals surface area contributed by atoms with Crippen LogP contribution < -0.4 is 5.32 Å². The van der Waals surface area contributed by atoms with Crippen molar-refractivity contribution in [2.24, 2.45) is 0 Å². The molecule has 1 atom stereocenters. The van der Waals surface area contributed by atoms with Gasteiger partial charge < -0.3 is 19.8 Å². The van der Waals surface area contributed by atoms with Crippen molar-refractivity contribution in [2.45, 2.75) is 25.1 Å². The number of ether oxygens (including phenoxy) is 1. The van der Waals surface area contributed by atoms with Gasteiger partial charge in [-0.1, -0.05) is 30.3 Å². The van der Waals surface area contributed by atoms with Gasteiger partial charge in [0.1, 0.15) is 6.61 Å². The number of aliphatic hydroxyl groups excluding tert-OH is 1. The van der Waals surface area contributed by atoms with Gasteiger partial charge in [-0.3, -0.25) is 10.1 Å². The Balaban J connectivity index is 1.85. The first-order valence-electron chi connectivity index (χ1n) is 7.04. The number of aliphatic hydroxyl groups is 1. The molecule has 1 amide bonds. The predicted octanol–water partition coefficient (Wildman–Crippen LogP) is 0.433. The predicted molar refractivity (Wildman–Crippen MR) is 78.3 cm³/mol. The highest BCUT2D eigenvalue weighted by Gasteiger charge is 2.52. The largest absolute Gasteiger partial charge is 0.480 e. The Morgan fingerprint density at radius 1 is 1.36 bits per heavy atom. The molecule has 2 rings (SSSR count). The van der Waals surface area contributed by atoms with E-state index in [0.717, 1.165) is 5.56 Å². The first kappa shape index (κ1) is 16.3. The van der Waals surface area contributed by atoms with Crippen LogP contribution in [0.2, 0.25) is 0 Å². The summed E-state index contributed by atoms with van der Waals surface area (Å²) >= 11 is 0. The number of hydrogen-bond acceptors (Lipinski definition) is 5. The minimum absolute atomic E-state index is 0.0142. The van der Waals surface area contributed by atoms with E-state index in [1.165, 1.54) is 4.90 Å². The number of rotatable bonds is 6. The number of carbonyl (C=O) groups is 2. The van der Waals surface area contributed by atoms with Crippen molar-refractivity contribution in [3.63, 3.8) is 0 Å². The lowest BCUT2D eigenvalue weighted by Crippen LogP contribution is -2.75. The zero-order valence-electron chi connectivity index (χ0n) is 12.4. The Morgan fingerprint density at radius 2 is 2.00 bits per heavy atom. The maximum atomic E-state index is 11.9. The summed E-state index contributed by atoms with van der Waals surface area (Å²) in [6, 6.07) is 8.89. The average molecular weight is 308 g/mol. The lowest BCUT2D eigenvalue weighted by molar-refractivity contribution is -0.152. The zero-order chi connectivity index (χ0) is 16.2. The molecule has 1 fully saturated rings. The van der Waals surface area contributed by atoms with Crippen LogP contribution in [-0.2, 0) is 16.1 Å². The molecule has 0 bridgehead atoms. The highest BCUT2D eigenvalue weighted by molar-refractivity contribution is 5.84. The molecule has 1 heterocycles. The highest BCUT2D eigenvalue weighted by atomic mass is 16.6. The Kier molecular flexibility index (Phi) is 4.99. The van der Waals surface area contributed by atoms with Crippen molar-refractivity contribution in [1.29, 1.82) is 0 Å². The summed E-state index contributed by atoms with van der Waals surface area (Å²) in [5, 5.41) is 21.2. The average Bonchev–Trinajstić information content (AvgIpc) is 2.48. The van der Waals surface area contributed by atoms with E-state index < -0.39 is 17.6 Å². The molecular weight excluding hydrogens is 288 g/mol. The second-order valence-corrected chi connectivity index (χ2v) is 5.51. The van der Waals surface area contributed by atoms with Gasteiger partial charge in [0.05, 0.1) is 19.7 Å². The first-order chi connectivity index (χ1) is 10.5. The maximum absolute atomic E-state index is 11.9. The van der Waals surface area contributed by atoms with E-state index >= 15 is 0 Å². The van der Waals surface area contributed by atoms with Crippen molar-refractivity contribution in [1.82, 2.24) is 10.2 Å². The van der Waals surface area contributed by atoms with Crippen molar-refractivity contribution in [2.75, 3.05) is 19.7 Å². The molecule has 1 aromatic carbocycles. The van der Waals surface area contributed by atoms with E-state index in [0.29, 0.717) is 0 Å². The van der Waals surface area contributed by atoms with Crippen LogP contribution in [0.15, 0.2) is 30.3 Å². The number of carbonyl (C=O) groups excluding carboxylic acids is 1. The topological polar surface area (TPSA) is 99.1 Å². The monoisotopic (exact) mass is 308 g/mol. The summed E-state index contributed by atoms with van der Waals surface area (Å²) in [5.41, 5.74) is -0.346. The van der Waals surface area contributed by atoms with E-state index in [2.05, 4.69) is 5.32 Å². The molecule has 1 saturated heterocycles. The van der Waals surface area contributed by atoms with Crippen LogP contribution in [0.5, 0.6) is 0 Å². The van der Waals surface area contributed by atoms with Gasteiger partial charge in [-0.15, -0.1) is 0 Å². The molecule has 7 heteroatoms. The molecule has 1 aromatic rings. The smallest absolute Gasteiger partial charge is 0.410 e. The Morgan fingerprint density at radius 3 is 2.55 bits per heavy atom. The molecule has 0 radical (unpaired) electrons. The molecule has 22 heavy (non-hydrogen) atoms. The number of carboxylic acid groups (broad SMARTS) is 1. The van der Waals surface area contributed by atoms with E-state index in [4.69, 9.17) is 9.84 Å². The van der Waals surface area contributed by atoms with Crippen molar-refractivity contribution < 1.29 is 24.5 Å². The molecule has 120 valence electrons. The summed E-state index contributed by atoms with van der Waals surface area (Å²) in [6.07, 6.45) is -0.542. The molecule has 1 unspecified atom stereocenters. The highest BCUT2D eigenvalue weighted by Crippen LogP contribution is 2.23. The number of amides is 1. The second kappa shape index (κ2) is 6.76. The Hall–Kier alpha value is -2.12. The van der Waals surface area contributed by atoms with Gasteiger partial charge in [0.2, 0.25) is 0 Å². The van der Waals surface area contributed by atoms with Gasteiger partial charge in [0.25, 0.3) is 0 Å². The third kappa shape index (κ3) is 3.55. The fraction of sp³-hybridized carbons (Fsp3) is 0.467. The SMILES string of the molecule is CC(CO)NC1(C(=O)O)CN(C(=O)OCc2ccccc2)C1. The van der Waals surface area contributed by atoms with E-state index in [1.807, 2.05) is 30.3 Å². The molecule has 0 aliphatic carbocycles. The van der Waals surface area contributed by atoms with Crippen LogP contribution in [0.4, 0.5) is 4.79 Å². The van der Waals surface area contributed by atoms with Crippen LogP contribution in [0.3, 0.4) is 0 Å². The minimum atomic E-state index is -1.21. The van der Waals surface area contributed by atoms with Crippen LogP contribution in [0.1, 0.15) is 12.5 Å². The number of benzene rings is 1. The molecule has 0 spiro atoms. The minimum Gasteiger partial charge on any atom is -0.480 e. The van der Waals surface area contributed by atoms with Gasteiger partial charge in [-0.2, -0.15) is 0 Å². The molecule has 1 aliphatic heterocycles. The van der Waals surface area contributed by atoms with Crippen LogP contribution in [-0.4, -0.2) is 58.5 Å². The summed E-state index contributed by atoms with van der Waals surface area (Å²) in [4.78, 5) is 24.6. The maximum Gasteiger partial charge on any atom is 0.410 e. The number of hydrogen-bond donors (Lipinski definition) is 3. The molecular formula is C15H20N2O5. The standard InChI is InChI=1S/C15H20N2O5/c1-11(7-18)16-15(13(19)20)9-17(10-15)14(21)22-8-12-5-3-2-4-6-12/h2-6,11,16,18H,7-10H2,1H3,(H,19,20). The van der Waals surface area contributed by atoms with E-state index in [-0.39, 0.29) is 32.3 Å². The summed E-state index contributed by atoms with van der Waals surface area (Å²) in [5.74, 6) is -1.04. The van der Waals surface area contributed by atoms with Crippen molar-refractivity contribution >= 4 is 12.1 Å². The number of nitrogens with zero attached hydrogens (tertiary/aromatic N) is 1. The quantitative estimate of drug-likeness (QED) is 0.705. The van der Waals surface area contributed by atoms with Gasteiger partial charge in [-0.05, 0) is 12.5 Å². The molecule has 3 N–H and O–H groups in total. The summed E-state index contributed by atoms with van der Waals surface area (Å²) in [6.45, 7) is 1.69. The van der Waals surface area contributed by atoms with Gasteiger partial charge in [0.15, 0.2) is 5.54 Å². The fourth-order valence-electron chi connectivity index (χ4n) is 2.35. The fourth-order valence-corrected chi connectivity index (χ4v) is 2.35.